The van der Waals surface area contributed by atoms with Crippen molar-refractivity contribution < 1.29 is 24.5 Å². The Morgan fingerprint density at radius 2 is 0.719 bits per heavy atom. The van der Waals surface area contributed by atoms with Crippen molar-refractivity contribution in [1.29, 1.82) is 0 Å². The zero-order valence-corrected chi connectivity index (χ0v) is 43.3. The van der Waals surface area contributed by atoms with E-state index in [9.17, 15) is 19.8 Å². The number of unbranched alkanes of at least 4 members (excludes halogenated alkanes) is 43. The van der Waals surface area contributed by atoms with E-state index in [4.69, 9.17) is 4.74 Å². The van der Waals surface area contributed by atoms with Crippen LogP contribution in [-0.4, -0.2) is 47.4 Å². The Bertz CT molecular complexity index is 955. The average Bonchev–Trinajstić information content (AvgIpc) is 3.29. The third-order valence-electron chi connectivity index (χ3n) is 13.6. The Balaban J connectivity index is 3.36. The number of amides is 1. The van der Waals surface area contributed by atoms with Crippen molar-refractivity contribution in [3.8, 4) is 0 Å². The summed E-state index contributed by atoms with van der Waals surface area (Å²) in [7, 11) is 0. The summed E-state index contributed by atoms with van der Waals surface area (Å²) >= 11 is 0. The van der Waals surface area contributed by atoms with Gasteiger partial charge in [0.05, 0.1) is 25.4 Å². The van der Waals surface area contributed by atoms with Gasteiger partial charge in [-0.25, -0.2) is 0 Å². The van der Waals surface area contributed by atoms with Crippen LogP contribution in [0, 0.1) is 0 Å². The molecule has 0 aromatic heterocycles. The van der Waals surface area contributed by atoms with Crippen LogP contribution in [0.25, 0.3) is 0 Å². The predicted molar refractivity (Wildman–Crippen MR) is 278 cm³/mol. The van der Waals surface area contributed by atoms with Crippen molar-refractivity contribution >= 4 is 11.9 Å². The van der Waals surface area contributed by atoms with Crippen LogP contribution >= 0.6 is 0 Å². The van der Waals surface area contributed by atoms with Gasteiger partial charge in [-0.1, -0.05) is 289 Å². The maximum absolute atomic E-state index is 12.4. The van der Waals surface area contributed by atoms with Crippen molar-refractivity contribution in [3.63, 3.8) is 0 Å². The highest BCUT2D eigenvalue weighted by Crippen LogP contribution is 2.17. The first-order valence-electron chi connectivity index (χ1n) is 29.0. The number of esters is 1. The lowest BCUT2D eigenvalue weighted by Crippen LogP contribution is -2.45. The predicted octanol–water partition coefficient (Wildman–Crippen LogP) is 17.7. The molecule has 2 atom stereocenters. The fourth-order valence-electron chi connectivity index (χ4n) is 9.11. The summed E-state index contributed by atoms with van der Waals surface area (Å²) in [6.07, 6.45) is 63.9. The molecule has 0 aliphatic carbocycles. The van der Waals surface area contributed by atoms with E-state index >= 15 is 0 Å². The van der Waals surface area contributed by atoms with E-state index in [0.717, 1.165) is 38.5 Å². The highest BCUT2D eigenvalue weighted by molar-refractivity contribution is 5.76. The van der Waals surface area contributed by atoms with Crippen molar-refractivity contribution in [1.82, 2.24) is 5.32 Å². The third-order valence-corrected chi connectivity index (χ3v) is 13.6. The smallest absolute Gasteiger partial charge is 0.305 e. The first-order chi connectivity index (χ1) is 31.5. The Morgan fingerprint density at radius 1 is 0.422 bits per heavy atom. The molecule has 380 valence electrons. The van der Waals surface area contributed by atoms with E-state index in [0.29, 0.717) is 19.4 Å². The molecule has 3 N–H and O–H groups in total. The summed E-state index contributed by atoms with van der Waals surface area (Å²) < 4.78 is 5.50. The standard InChI is InChI=1S/C58H113NO5/c1-3-5-7-9-11-13-15-16-17-18-19-23-26-29-32-36-40-44-48-52-58(63)64-53-49-45-41-37-33-30-27-24-21-20-22-25-28-31-35-39-43-47-51-57(62)59-55(54-60)56(61)50-46-42-38-34-14-12-10-8-6-4-2/h46,50,55-56,60-61H,3-45,47-49,51-54H2,1-2H3,(H,59,62)/b50-46+. The summed E-state index contributed by atoms with van der Waals surface area (Å²) in [5.41, 5.74) is 0. The van der Waals surface area contributed by atoms with Gasteiger partial charge in [0, 0.05) is 12.8 Å². The summed E-state index contributed by atoms with van der Waals surface area (Å²) in [5.74, 6) is -0.0612. The average molecular weight is 905 g/mol. The summed E-state index contributed by atoms with van der Waals surface area (Å²) in [6, 6.07) is -0.628. The molecular formula is C58H113NO5. The second-order valence-corrected chi connectivity index (χ2v) is 20.0. The third kappa shape index (κ3) is 50.0. The molecule has 0 radical (unpaired) electrons. The van der Waals surface area contributed by atoms with Gasteiger partial charge in [-0.15, -0.1) is 0 Å². The van der Waals surface area contributed by atoms with Crippen LogP contribution in [0.5, 0.6) is 0 Å². The molecule has 0 aromatic rings. The molecule has 0 fully saturated rings. The minimum Gasteiger partial charge on any atom is -0.466 e. The summed E-state index contributed by atoms with van der Waals surface area (Å²) in [4.78, 5) is 24.5. The molecule has 0 spiro atoms. The van der Waals surface area contributed by atoms with Crippen molar-refractivity contribution in [2.75, 3.05) is 13.2 Å². The molecule has 6 heteroatoms. The van der Waals surface area contributed by atoms with Gasteiger partial charge in [-0.3, -0.25) is 9.59 Å². The Morgan fingerprint density at radius 3 is 1.06 bits per heavy atom. The second kappa shape index (κ2) is 54.2. The molecule has 0 saturated carbocycles. The van der Waals surface area contributed by atoms with E-state index in [1.807, 2.05) is 6.08 Å². The zero-order valence-electron chi connectivity index (χ0n) is 43.3. The van der Waals surface area contributed by atoms with Crippen LogP contribution in [-0.2, 0) is 14.3 Å². The number of rotatable bonds is 54. The number of carbonyl (C=O) groups is 2. The van der Waals surface area contributed by atoms with E-state index in [2.05, 4.69) is 19.2 Å². The number of hydrogen-bond acceptors (Lipinski definition) is 5. The first-order valence-corrected chi connectivity index (χ1v) is 29.0. The topological polar surface area (TPSA) is 95.9 Å². The van der Waals surface area contributed by atoms with Gasteiger partial charge in [0.25, 0.3) is 0 Å². The van der Waals surface area contributed by atoms with Crippen molar-refractivity contribution in [2.24, 2.45) is 0 Å². The Kier molecular flexibility index (Phi) is 53.0. The number of nitrogens with one attached hydrogen (secondary N) is 1. The Hall–Kier alpha value is -1.40. The van der Waals surface area contributed by atoms with E-state index in [1.165, 1.54) is 257 Å². The normalized spacial score (nSPS) is 12.6. The maximum Gasteiger partial charge on any atom is 0.305 e. The molecule has 0 heterocycles. The van der Waals surface area contributed by atoms with E-state index in [1.54, 1.807) is 6.08 Å². The van der Waals surface area contributed by atoms with E-state index < -0.39 is 12.1 Å². The molecule has 0 saturated heterocycles. The van der Waals surface area contributed by atoms with Crippen LogP contribution in [0.4, 0.5) is 0 Å². The van der Waals surface area contributed by atoms with Crippen molar-refractivity contribution in [3.05, 3.63) is 12.2 Å². The fraction of sp³-hybridized carbons (Fsp3) is 0.931. The molecule has 64 heavy (non-hydrogen) atoms. The molecule has 0 rings (SSSR count). The molecule has 1 amide bonds. The molecule has 0 aliphatic heterocycles. The molecule has 0 bridgehead atoms. The largest absolute Gasteiger partial charge is 0.466 e. The summed E-state index contributed by atoms with van der Waals surface area (Å²) in [5, 5.41) is 23.0. The highest BCUT2D eigenvalue weighted by atomic mass is 16.5. The molecule has 0 aliphatic rings. The summed E-state index contributed by atoms with van der Waals surface area (Å²) in [6.45, 7) is 4.90. The lowest BCUT2D eigenvalue weighted by atomic mass is 10.0. The van der Waals surface area contributed by atoms with Crippen LogP contribution in [0.15, 0.2) is 12.2 Å². The maximum atomic E-state index is 12.4. The highest BCUT2D eigenvalue weighted by Gasteiger charge is 2.18. The number of allylic oxidation sites excluding steroid dienone is 1. The van der Waals surface area contributed by atoms with Crippen molar-refractivity contribution in [2.45, 2.75) is 334 Å². The zero-order chi connectivity index (χ0) is 46.5. The molecule has 0 aromatic carbocycles. The van der Waals surface area contributed by atoms with Crippen LogP contribution in [0.2, 0.25) is 0 Å². The van der Waals surface area contributed by atoms with Gasteiger partial charge >= 0.3 is 5.97 Å². The lowest BCUT2D eigenvalue weighted by molar-refractivity contribution is -0.143. The molecule has 6 nitrogen and oxygen atoms in total. The monoisotopic (exact) mass is 904 g/mol. The van der Waals surface area contributed by atoms with Crippen LogP contribution in [0.1, 0.15) is 322 Å². The van der Waals surface area contributed by atoms with Gasteiger partial charge in [0.2, 0.25) is 5.91 Å². The van der Waals surface area contributed by atoms with Gasteiger partial charge in [-0.2, -0.15) is 0 Å². The first kappa shape index (κ1) is 62.6. The van der Waals surface area contributed by atoms with Crippen LogP contribution < -0.4 is 5.32 Å². The Labute approximate surface area is 399 Å². The number of hydrogen-bond donors (Lipinski definition) is 3. The minimum absolute atomic E-state index is 0.0114. The SMILES string of the molecule is CCCCCCCCCC/C=C/C(O)C(CO)NC(=O)CCCCCCCCCCCCCCCCCCCCOC(=O)CCCCCCCCCCCCCCCCCCCCC. The minimum atomic E-state index is -0.844. The lowest BCUT2D eigenvalue weighted by Gasteiger charge is -2.20. The molecular weight excluding hydrogens is 791 g/mol. The van der Waals surface area contributed by atoms with E-state index in [-0.39, 0.29) is 18.5 Å². The second-order valence-electron chi connectivity index (χ2n) is 20.0. The number of ether oxygens (including phenoxy) is 1. The number of aliphatic hydroxyl groups is 2. The van der Waals surface area contributed by atoms with Gasteiger partial charge < -0.3 is 20.3 Å². The van der Waals surface area contributed by atoms with Gasteiger partial charge in [-0.05, 0) is 32.1 Å². The molecule has 2 unspecified atom stereocenters. The number of aliphatic hydroxyl groups excluding tert-OH is 2. The van der Waals surface area contributed by atoms with Crippen LogP contribution in [0.3, 0.4) is 0 Å². The fourth-order valence-corrected chi connectivity index (χ4v) is 9.11. The van der Waals surface area contributed by atoms with Gasteiger partial charge in [0.15, 0.2) is 0 Å². The van der Waals surface area contributed by atoms with Gasteiger partial charge in [0.1, 0.15) is 0 Å². The number of carbonyl (C=O) groups excluding carboxylic acids is 2. The quantitative estimate of drug-likeness (QED) is 0.0321.